The number of hydrogen-bond acceptors (Lipinski definition) is 1. The highest BCUT2D eigenvalue weighted by Crippen LogP contribution is 1.92. The number of unbranched alkanes of at least 4 members (excludes halogenated alkanes) is 1. The molecule has 0 amide bonds. The van der Waals surface area contributed by atoms with Crippen LogP contribution in [-0.4, -0.2) is 31.1 Å². The molecule has 0 aliphatic carbocycles. The first kappa shape index (κ1) is 9.92. The van der Waals surface area contributed by atoms with Gasteiger partial charge in [-0.25, -0.2) is 0 Å². The minimum atomic E-state index is 0.539. The molecule has 2 nitrogen and oxygen atoms in total. The van der Waals surface area contributed by atoms with Gasteiger partial charge in [0.15, 0.2) is 0 Å². The number of hydrogen-bond donors (Lipinski definition) is 0. The van der Waals surface area contributed by atoms with Gasteiger partial charge in [0.2, 0.25) is 0 Å². The molecule has 0 saturated carbocycles. The van der Waals surface area contributed by atoms with Crippen molar-refractivity contribution in [2.24, 2.45) is 0 Å². The molecule has 0 heterocycles. The molecule has 0 aromatic heterocycles. The Bertz CT molecular complexity index is 64.3. The van der Waals surface area contributed by atoms with E-state index >= 15 is 0 Å². The van der Waals surface area contributed by atoms with Crippen LogP contribution in [-0.2, 0) is 0 Å². The largest absolute Gasteiger partial charge is 0.302 e. The zero-order valence-corrected chi connectivity index (χ0v) is 7.19. The first-order chi connectivity index (χ1) is 4.85. The molecule has 0 unspecified atom stereocenters. The second-order valence-electron chi connectivity index (χ2n) is 2.54. The molecular weight excluding hydrogens is 124 g/mol. The summed E-state index contributed by atoms with van der Waals surface area (Å²) in [6.07, 6.45) is 2.53. The van der Waals surface area contributed by atoms with E-state index in [0.29, 0.717) is 6.54 Å². The van der Waals surface area contributed by atoms with Crippen LogP contribution >= 0.6 is 0 Å². The molecule has 0 atom stereocenters. The van der Waals surface area contributed by atoms with Gasteiger partial charge in [0.05, 0.1) is 0 Å². The SMILES string of the molecule is CCCCN(CC)CC[NH]. The third kappa shape index (κ3) is 4.77. The van der Waals surface area contributed by atoms with Crippen LogP contribution in [0.25, 0.3) is 0 Å². The minimum absolute atomic E-state index is 0.539. The van der Waals surface area contributed by atoms with Crippen molar-refractivity contribution in [3.8, 4) is 0 Å². The van der Waals surface area contributed by atoms with E-state index in [9.17, 15) is 0 Å². The normalized spacial score (nSPS) is 10.8. The first-order valence-electron chi connectivity index (χ1n) is 4.22. The molecular formula is C8H19N2. The molecule has 1 radical (unpaired) electrons. The average molecular weight is 143 g/mol. The standard InChI is InChI=1S/C8H19N2/c1-3-5-7-10(4-2)8-6-9/h9H,3-8H2,1-2H3. The predicted octanol–water partition coefficient (Wildman–Crippen LogP) is 1.39. The summed E-state index contributed by atoms with van der Waals surface area (Å²) in [5.74, 6) is 0. The maximum Gasteiger partial charge on any atom is 0.0228 e. The van der Waals surface area contributed by atoms with Crippen LogP contribution in [0.2, 0.25) is 0 Å². The maximum atomic E-state index is 7.03. The fourth-order valence-corrected chi connectivity index (χ4v) is 0.968. The number of nitrogens with zero attached hydrogens (tertiary/aromatic N) is 1. The molecule has 0 aromatic rings. The Labute approximate surface area is 64.4 Å². The quantitative estimate of drug-likeness (QED) is 0.552. The van der Waals surface area contributed by atoms with E-state index in [1.54, 1.807) is 0 Å². The van der Waals surface area contributed by atoms with E-state index in [-0.39, 0.29) is 0 Å². The highest BCUT2D eigenvalue weighted by molar-refractivity contribution is 4.54. The van der Waals surface area contributed by atoms with Crippen molar-refractivity contribution in [2.75, 3.05) is 26.2 Å². The second-order valence-corrected chi connectivity index (χ2v) is 2.54. The third-order valence-corrected chi connectivity index (χ3v) is 1.70. The van der Waals surface area contributed by atoms with E-state index in [4.69, 9.17) is 5.73 Å². The van der Waals surface area contributed by atoms with Gasteiger partial charge in [-0.2, -0.15) is 0 Å². The molecule has 0 aliphatic heterocycles. The Morgan fingerprint density at radius 3 is 2.30 bits per heavy atom. The van der Waals surface area contributed by atoms with Crippen LogP contribution in [0.5, 0.6) is 0 Å². The molecule has 0 fully saturated rings. The Morgan fingerprint density at radius 1 is 1.20 bits per heavy atom. The van der Waals surface area contributed by atoms with Gasteiger partial charge in [-0.3, -0.25) is 5.73 Å². The molecule has 0 spiro atoms. The topological polar surface area (TPSA) is 27.0 Å². The molecule has 0 aliphatic rings. The summed E-state index contributed by atoms with van der Waals surface area (Å²) in [5.41, 5.74) is 7.03. The van der Waals surface area contributed by atoms with Crippen LogP contribution in [0.4, 0.5) is 0 Å². The van der Waals surface area contributed by atoms with Crippen molar-refractivity contribution in [3.63, 3.8) is 0 Å². The summed E-state index contributed by atoms with van der Waals surface area (Å²) in [4.78, 5) is 2.33. The van der Waals surface area contributed by atoms with Crippen molar-refractivity contribution in [3.05, 3.63) is 0 Å². The zero-order valence-electron chi connectivity index (χ0n) is 7.19. The number of rotatable bonds is 6. The molecule has 0 aromatic carbocycles. The number of likely N-dealkylation sites (N-methyl/N-ethyl adjacent to an activating group) is 1. The van der Waals surface area contributed by atoms with Crippen molar-refractivity contribution in [1.29, 1.82) is 0 Å². The smallest absolute Gasteiger partial charge is 0.0228 e. The maximum absolute atomic E-state index is 7.03. The fourth-order valence-electron chi connectivity index (χ4n) is 0.968. The van der Waals surface area contributed by atoms with Crippen molar-refractivity contribution >= 4 is 0 Å². The van der Waals surface area contributed by atoms with Crippen LogP contribution in [0.3, 0.4) is 0 Å². The molecule has 61 valence electrons. The molecule has 1 N–H and O–H groups in total. The van der Waals surface area contributed by atoms with E-state index in [1.165, 1.54) is 19.4 Å². The van der Waals surface area contributed by atoms with Crippen molar-refractivity contribution in [1.82, 2.24) is 10.6 Å². The Morgan fingerprint density at radius 2 is 1.90 bits per heavy atom. The monoisotopic (exact) mass is 143 g/mol. The van der Waals surface area contributed by atoms with Gasteiger partial charge in [0, 0.05) is 13.1 Å². The van der Waals surface area contributed by atoms with Crippen LogP contribution in [0.15, 0.2) is 0 Å². The van der Waals surface area contributed by atoms with E-state index in [0.717, 1.165) is 13.1 Å². The Balaban J connectivity index is 3.21. The van der Waals surface area contributed by atoms with Crippen LogP contribution in [0, 0.1) is 0 Å². The number of nitrogens with one attached hydrogen (secondary N) is 1. The van der Waals surface area contributed by atoms with Gasteiger partial charge in [-0.05, 0) is 19.5 Å². The second kappa shape index (κ2) is 7.03. The first-order valence-corrected chi connectivity index (χ1v) is 4.22. The van der Waals surface area contributed by atoms with Gasteiger partial charge in [-0.15, -0.1) is 0 Å². The minimum Gasteiger partial charge on any atom is -0.302 e. The average Bonchev–Trinajstić information content (AvgIpc) is 1.98. The summed E-state index contributed by atoms with van der Waals surface area (Å²) in [6, 6.07) is 0. The van der Waals surface area contributed by atoms with Gasteiger partial charge < -0.3 is 4.90 Å². The molecule has 0 bridgehead atoms. The summed E-state index contributed by atoms with van der Waals surface area (Å²) < 4.78 is 0. The van der Waals surface area contributed by atoms with Crippen molar-refractivity contribution in [2.45, 2.75) is 26.7 Å². The molecule has 0 saturated heterocycles. The van der Waals surface area contributed by atoms with Crippen molar-refractivity contribution < 1.29 is 0 Å². The van der Waals surface area contributed by atoms with Gasteiger partial charge in [-0.1, -0.05) is 20.3 Å². The van der Waals surface area contributed by atoms with E-state index < -0.39 is 0 Å². The van der Waals surface area contributed by atoms with Crippen LogP contribution in [0.1, 0.15) is 26.7 Å². The van der Waals surface area contributed by atoms with E-state index in [1.807, 2.05) is 0 Å². The Hall–Kier alpha value is -0.0800. The van der Waals surface area contributed by atoms with Gasteiger partial charge in [0.25, 0.3) is 0 Å². The third-order valence-electron chi connectivity index (χ3n) is 1.70. The predicted molar refractivity (Wildman–Crippen MR) is 45.0 cm³/mol. The van der Waals surface area contributed by atoms with E-state index in [2.05, 4.69) is 18.7 Å². The summed E-state index contributed by atoms with van der Waals surface area (Å²) >= 11 is 0. The summed E-state index contributed by atoms with van der Waals surface area (Å²) in [7, 11) is 0. The lowest BCUT2D eigenvalue weighted by atomic mass is 10.3. The lowest BCUT2D eigenvalue weighted by Gasteiger charge is -2.18. The highest BCUT2D eigenvalue weighted by atomic mass is 15.1. The van der Waals surface area contributed by atoms with Gasteiger partial charge in [0.1, 0.15) is 0 Å². The summed E-state index contributed by atoms with van der Waals surface area (Å²) in [6.45, 7) is 8.11. The van der Waals surface area contributed by atoms with Gasteiger partial charge >= 0.3 is 0 Å². The lowest BCUT2D eigenvalue weighted by molar-refractivity contribution is 0.290. The molecule has 10 heavy (non-hydrogen) atoms. The van der Waals surface area contributed by atoms with Crippen LogP contribution < -0.4 is 5.73 Å². The Kier molecular flexibility index (Phi) is 6.98. The molecule has 2 heteroatoms. The molecule has 0 rings (SSSR count). The lowest BCUT2D eigenvalue weighted by Crippen LogP contribution is -2.27. The fraction of sp³-hybridized carbons (Fsp3) is 1.00. The highest BCUT2D eigenvalue weighted by Gasteiger charge is 1.97. The summed E-state index contributed by atoms with van der Waals surface area (Å²) in [5, 5.41) is 0. The zero-order chi connectivity index (χ0) is 7.82.